The van der Waals surface area contributed by atoms with E-state index >= 15 is 0 Å². The van der Waals surface area contributed by atoms with Gasteiger partial charge in [0.05, 0.1) is 12.7 Å². The number of rotatable bonds is 1. The van der Waals surface area contributed by atoms with Crippen molar-refractivity contribution in [2.45, 2.75) is 18.9 Å². The molecule has 1 aliphatic heterocycles. The fourth-order valence-electron chi connectivity index (χ4n) is 0.897. The van der Waals surface area contributed by atoms with Gasteiger partial charge in [-0.1, -0.05) is 0 Å². The van der Waals surface area contributed by atoms with Gasteiger partial charge in [-0.3, -0.25) is 0 Å². The van der Waals surface area contributed by atoms with Crippen molar-refractivity contribution in [1.82, 2.24) is 0 Å². The summed E-state index contributed by atoms with van der Waals surface area (Å²) in [6.45, 7) is 1.70. The fourth-order valence-corrected chi connectivity index (χ4v) is 0.897. The Morgan fingerprint density at radius 2 is 2.50 bits per heavy atom. The van der Waals surface area contributed by atoms with E-state index in [1.54, 1.807) is 7.11 Å². The van der Waals surface area contributed by atoms with E-state index in [1.165, 1.54) is 0 Å². The summed E-state index contributed by atoms with van der Waals surface area (Å²) in [5.41, 5.74) is 0. The molecule has 1 fully saturated rings. The maximum Gasteiger partial charge on any atom is 0.0805 e. The lowest BCUT2D eigenvalue weighted by atomic mass is 10.2. The van der Waals surface area contributed by atoms with Crippen LogP contribution in [0.1, 0.15) is 12.8 Å². The number of ether oxygens (including phenoxy) is 2. The van der Waals surface area contributed by atoms with E-state index in [-0.39, 0.29) is 0 Å². The van der Waals surface area contributed by atoms with Crippen LogP contribution in [0.4, 0.5) is 0 Å². The summed E-state index contributed by atoms with van der Waals surface area (Å²) in [4.78, 5) is 0. The number of hydrogen-bond donors (Lipinski definition) is 0. The van der Waals surface area contributed by atoms with E-state index in [4.69, 9.17) is 9.47 Å². The summed E-state index contributed by atoms with van der Waals surface area (Å²) < 4.78 is 10.2. The van der Waals surface area contributed by atoms with Crippen molar-refractivity contribution in [2.24, 2.45) is 0 Å². The summed E-state index contributed by atoms with van der Waals surface area (Å²) in [5.74, 6) is 0. The second-order valence-corrected chi connectivity index (χ2v) is 2.07. The number of hydrogen-bond acceptors (Lipinski definition) is 2. The largest absolute Gasteiger partial charge is 0.379 e. The van der Waals surface area contributed by atoms with Crippen molar-refractivity contribution in [3.05, 3.63) is 0 Å². The Kier molecular flexibility index (Phi) is 2.30. The van der Waals surface area contributed by atoms with Gasteiger partial charge in [0.1, 0.15) is 0 Å². The second kappa shape index (κ2) is 3.05. The molecule has 1 rings (SSSR count). The molecule has 2 nitrogen and oxygen atoms in total. The smallest absolute Gasteiger partial charge is 0.0805 e. The monoisotopic (exact) mass is 116 g/mol. The summed E-state index contributed by atoms with van der Waals surface area (Å²) >= 11 is 0. The quantitative estimate of drug-likeness (QED) is 0.504. The van der Waals surface area contributed by atoms with Crippen molar-refractivity contribution >= 4 is 0 Å². The van der Waals surface area contributed by atoms with Crippen LogP contribution < -0.4 is 0 Å². The average molecular weight is 116 g/mol. The summed E-state index contributed by atoms with van der Waals surface area (Å²) in [7, 11) is 1.74. The van der Waals surface area contributed by atoms with Crippen LogP contribution in [-0.4, -0.2) is 26.4 Å². The van der Waals surface area contributed by atoms with Crippen LogP contribution in [0.2, 0.25) is 0 Å². The normalized spacial score (nSPS) is 30.4. The molecule has 1 aliphatic rings. The third kappa shape index (κ3) is 1.46. The highest BCUT2D eigenvalue weighted by atomic mass is 16.5. The molecule has 0 aromatic heterocycles. The highest BCUT2D eigenvalue weighted by Gasteiger charge is 2.11. The lowest BCUT2D eigenvalue weighted by Gasteiger charge is -2.19. The maximum atomic E-state index is 5.15. The molecule has 1 unspecified atom stereocenters. The molecular formula is C6H12O2. The molecule has 0 spiro atoms. The van der Waals surface area contributed by atoms with E-state index in [0.717, 1.165) is 26.1 Å². The average Bonchev–Trinajstić information content (AvgIpc) is 1.90. The zero-order chi connectivity index (χ0) is 5.82. The molecule has 0 aliphatic carbocycles. The molecule has 0 aromatic carbocycles. The van der Waals surface area contributed by atoms with Gasteiger partial charge in [0.25, 0.3) is 0 Å². The van der Waals surface area contributed by atoms with E-state index in [1.807, 2.05) is 0 Å². The van der Waals surface area contributed by atoms with Crippen LogP contribution in [0.3, 0.4) is 0 Å². The zero-order valence-corrected chi connectivity index (χ0v) is 5.22. The van der Waals surface area contributed by atoms with Crippen LogP contribution >= 0.6 is 0 Å². The minimum atomic E-state index is 0.365. The van der Waals surface area contributed by atoms with Gasteiger partial charge < -0.3 is 9.47 Å². The van der Waals surface area contributed by atoms with Gasteiger partial charge in [-0.25, -0.2) is 0 Å². The minimum Gasteiger partial charge on any atom is -0.379 e. The Morgan fingerprint density at radius 1 is 1.62 bits per heavy atom. The van der Waals surface area contributed by atoms with Gasteiger partial charge in [-0.05, 0) is 12.8 Å². The van der Waals surface area contributed by atoms with Crippen LogP contribution in [-0.2, 0) is 9.47 Å². The topological polar surface area (TPSA) is 18.5 Å². The van der Waals surface area contributed by atoms with E-state index in [9.17, 15) is 0 Å². The van der Waals surface area contributed by atoms with Gasteiger partial charge in [0.2, 0.25) is 0 Å². The molecule has 0 amide bonds. The molecule has 0 radical (unpaired) electrons. The Bertz CT molecular complexity index is 57.5. The summed E-state index contributed by atoms with van der Waals surface area (Å²) in [5, 5.41) is 0. The summed E-state index contributed by atoms with van der Waals surface area (Å²) in [6, 6.07) is 0. The molecule has 8 heavy (non-hydrogen) atoms. The van der Waals surface area contributed by atoms with Gasteiger partial charge in [0, 0.05) is 13.7 Å². The lowest BCUT2D eigenvalue weighted by molar-refractivity contribution is -0.0291. The van der Waals surface area contributed by atoms with Crippen molar-refractivity contribution in [2.75, 3.05) is 20.3 Å². The van der Waals surface area contributed by atoms with Crippen LogP contribution in [0.5, 0.6) is 0 Å². The first-order valence-electron chi connectivity index (χ1n) is 3.04. The molecule has 48 valence electrons. The van der Waals surface area contributed by atoms with Crippen LogP contribution in [0.25, 0.3) is 0 Å². The van der Waals surface area contributed by atoms with Crippen molar-refractivity contribution < 1.29 is 9.47 Å². The molecule has 0 saturated carbocycles. The molecule has 1 heterocycles. The standard InChI is InChI=1S/C6H12O2/c1-7-6-3-2-4-8-5-6/h6H,2-5H2,1H3. The van der Waals surface area contributed by atoms with Gasteiger partial charge in [-0.2, -0.15) is 0 Å². The predicted molar refractivity (Wildman–Crippen MR) is 30.8 cm³/mol. The Hall–Kier alpha value is -0.0800. The Labute approximate surface area is 49.8 Å². The first-order valence-corrected chi connectivity index (χ1v) is 3.04. The molecule has 1 atom stereocenters. The third-order valence-electron chi connectivity index (χ3n) is 1.45. The van der Waals surface area contributed by atoms with Crippen LogP contribution in [0.15, 0.2) is 0 Å². The first kappa shape index (κ1) is 6.05. The first-order chi connectivity index (χ1) is 3.93. The SMILES string of the molecule is COC1CCCOC1. The molecule has 1 saturated heterocycles. The van der Waals surface area contributed by atoms with Crippen molar-refractivity contribution in [1.29, 1.82) is 0 Å². The van der Waals surface area contributed by atoms with Gasteiger partial charge >= 0.3 is 0 Å². The van der Waals surface area contributed by atoms with Gasteiger partial charge in [0.15, 0.2) is 0 Å². The number of methoxy groups -OCH3 is 1. The Balaban J connectivity index is 2.13. The fraction of sp³-hybridized carbons (Fsp3) is 1.00. The molecule has 0 aromatic rings. The minimum absolute atomic E-state index is 0.365. The third-order valence-corrected chi connectivity index (χ3v) is 1.45. The Morgan fingerprint density at radius 3 is 2.88 bits per heavy atom. The van der Waals surface area contributed by atoms with E-state index in [2.05, 4.69) is 0 Å². The van der Waals surface area contributed by atoms with Gasteiger partial charge in [-0.15, -0.1) is 0 Å². The van der Waals surface area contributed by atoms with E-state index < -0.39 is 0 Å². The highest BCUT2D eigenvalue weighted by molar-refractivity contribution is 4.60. The molecule has 0 N–H and O–H groups in total. The zero-order valence-electron chi connectivity index (χ0n) is 5.22. The summed E-state index contributed by atoms with van der Waals surface area (Å²) in [6.07, 6.45) is 2.68. The lowest BCUT2D eigenvalue weighted by Crippen LogP contribution is -2.23. The highest BCUT2D eigenvalue weighted by Crippen LogP contribution is 2.07. The maximum absolute atomic E-state index is 5.15. The van der Waals surface area contributed by atoms with Crippen LogP contribution in [0, 0.1) is 0 Å². The molecule has 2 heteroatoms. The molecule has 0 bridgehead atoms. The van der Waals surface area contributed by atoms with E-state index in [0.29, 0.717) is 6.10 Å². The van der Waals surface area contributed by atoms with Crippen molar-refractivity contribution in [3.8, 4) is 0 Å². The molecular weight excluding hydrogens is 104 g/mol. The second-order valence-electron chi connectivity index (χ2n) is 2.07. The van der Waals surface area contributed by atoms with Crippen molar-refractivity contribution in [3.63, 3.8) is 0 Å². The predicted octanol–water partition coefficient (Wildman–Crippen LogP) is 0.812.